The summed E-state index contributed by atoms with van der Waals surface area (Å²) in [5.41, 5.74) is 0.765. The van der Waals surface area contributed by atoms with E-state index >= 15 is 0 Å². The van der Waals surface area contributed by atoms with Gasteiger partial charge in [-0.3, -0.25) is 0 Å². The number of benzene rings is 1. The third-order valence-electron chi connectivity index (χ3n) is 2.43. The summed E-state index contributed by atoms with van der Waals surface area (Å²) in [4.78, 5) is 0. The lowest BCUT2D eigenvalue weighted by Crippen LogP contribution is -2.32. The fourth-order valence-electron chi connectivity index (χ4n) is 1.71. The van der Waals surface area contributed by atoms with E-state index < -0.39 is 0 Å². The van der Waals surface area contributed by atoms with Crippen LogP contribution >= 0.6 is 0 Å². The van der Waals surface area contributed by atoms with E-state index in [0.29, 0.717) is 6.61 Å². The number of phenols is 2. The fraction of sp³-hybridized carbons (Fsp3) is 0.500. The molecule has 0 bridgehead atoms. The van der Waals surface area contributed by atoms with Gasteiger partial charge in [-0.1, -0.05) is 6.07 Å². The molecule has 16 heavy (non-hydrogen) atoms. The zero-order valence-corrected chi connectivity index (χ0v) is 9.90. The molecule has 2 unspecified atom stereocenters. The maximum atomic E-state index is 9.67. The standard InChI is InChI=1S/C12H19NO3/c1-8(7-16-3)13-9(2)11-5-4-10(14)6-12(11)15/h4-6,8-9,13-15H,7H2,1-3H3. The number of aromatic hydroxyl groups is 2. The highest BCUT2D eigenvalue weighted by Gasteiger charge is 2.13. The van der Waals surface area contributed by atoms with Crippen molar-refractivity contribution >= 4 is 0 Å². The van der Waals surface area contributed by atoms with Gasteiger partial charge in [-0.15, -0.1) is 0 Å². The molecule has 1 aromatic carbocycles. The fourth-order valence-corrected chi connectivity index (χ4v) is 1.71. The van der Waals surface area contributed by atoms with E-state index in [-0.39, 0.29) is 23.6 Å². The molecule has 3 N–H and O–H groups in total. The van der Waals surface area contributed by atoms with Gasteiger partial charge in [0.05, 0.1) is 6.61 Å². The van der Waals surface area contributed by atoms with Crippen molar-refractivity contribution in [2.45, 2.75) is 25.9 Å². The number of hydrogen-bond acceptors (Lipinski definition) is 4. The van der Waals surface area contributed by atoms with Crippen LogP contribution in [0, 0.1) is 0 Å². The van der Waals surface area contributed by atoms with Gasteiger partial charge in [0.15, 0.2) is 0 Å². The number of methoxy groups -OCH3 is 1. The molecule has 4 nitrogen and oxygen atoms in total. The molecule has 4 heteroatoms. The van der Waals surface area contributed by atoms with Crippen LogP contribution in [0.4, 0.5) is 0 Å². The van der Waals surface area contributed by atoms with Gasteiger partial charge in [0, 0.05) is 30.8 Å². The maximum absolute atomic E-state index is 9.67. The molecule has 90 valence electrons. The number of hydrogen-bond donors (Lipinski definition) is 3. The van der Waals surface area contributed by atoms with Gasteiger partial charge < -0.3 is 20.3 Å². The number of ether oxygens (including phenoxy) is 1. The smallest absolute Gasteiger partial charge is 0.124 e. The van der Waals surface area contributed by atoms with Crippen molar-refractivity contribution in [3.8, 4) is 11.5 Å². The Labute approximate surface area is 95.9 Å². The lowest BCUT2D eigenvalue weighted by atomic mass is 10.1. The van der Waals surface area contributed by atoms with Crippen LogP contribution in [0.25, 0.3) is 0 Å². The average Bonchev–Trinajstić information content (AvgIpc) is 2.17. The molecule has 0 aliphatic rings. The molecular weight excluding hydrogens is 206 g/mol. The van der Waals surface area contributed by atoms with Crippen LogP contribution in [0.1, 0.15) is 25.5 Å². The molecule has 0 saturated carbocycles. The Hall–Kier alpha value is -1.26. The Balaban J connectivity index is 2.69. The highest BCUT2D eigenvalue weighted by Crippen LogP contribution is 2.27. The SMILES string of the molecule is COCC(C)NC(C)c1ccc(O)cc1O. The van der Waals surface area contributed by atoms with E-state index in [1.54, 1.807) is 19.2 Å². The molecule has 1 rings (SSSR count). The molecular formula is C12H19NO3. The number of rotatable bonds is 5. The zero-order valence-electron chi connectivity index (χ0n) is 9.90. The van der Waals surface area contributed by atoms with Crippen LogP contribution in [-0.4, -0.2) is 30.0 Å². The van der Waals surface area contributed by atoms with Gasteiger partial charge in [-0.2, -0.15) is 0 Å². The Morgan fingerprint density at radius 2 is 2.00 bits per heavy atom. The zero-order chi connectivity index (χ0) is 12.1. The normalized spacial score (nSPS) is 14.7. The minimum Gasteiger partial charge on any atom is -0.508 e. The molecule has 2 atom stereocenters. The van der Waals surface area contributed by atoms with Crippen LogP contribution in [0.5, 0.6) is 11.5 Å². The summed E-state index contributed by atoms with van der Waals surface area (Å²) in [5, 5.41) is 22.1. The first kappa shape index (κ1) is 12.8. The van der Waals surface area contributed by atoms with E-state index in [1.165, 1.54) is 6.07 Å². The van der Waals surface area contributed by atoms with Crippen molar-refractivity contribution in [2.75, 3.05) is 13.7 Å². The van der Waals surface area contributed by atoms with Crippen molar-refractivity contribution < 1.29 is 14.9 Å². The van der Waals surface area contributed by atoms with E-state index in [0.717, 1.165) is 5.56 Å². The Kier molecular flexibility index (Phi) is 4.58. The third kappa shape index (κ3) is 3.40. The Morgan fingerprint density at radius 1 is 1.31 bits per heavy atom. The molecule has 0 fully saturated rings. The summed E-state index contributed by atoms with van der Waals surface area (Å²) < 4.78 is 5.02. The molecule has 0 spiro atoms. The quantitative estimate of drug-likeness (QED) is 0.715. The first-order chi connectivity index (χ1) is 7.54. The predicted octanol–water partition coefficient (Wildman–Crippen LogP) is 1.78. The van der Waals surface area contributed by atoms with Crippen LogP contribution in [-0.2, 0) is 4.74 Å². The van der Waals surface area contributed by atoms with Crippen molar-refractivity contribution in [1.29, 1.82) is 0 Å². The number of phenolic OH excluding ortho intramolecular Hbond substituents is 2. The summed E-state index contributed by atoms with van der Waals surface area (Å²) >= 11 is 0. The van der Waals surface area contributed by atoms with E-state index in [2.05, 4.69) is 5.32 Å². The number of nitrogens with one attached hydrogen (secondary N) is 1. The van der Waals surface area contributed by atoms with Crippen molar-refractivity contribution in [3.63, 3.8) is 0 Å². The average molecular weight is 225 g/mol. The van der Waals surface area contributed by atoms with Crippen molar-refractivity contribution in [3.05, 3.63) is 23.8 Å². The maximum Gasteiger partial charge on any atom is 0.124 e. The molecule has 0 aromatic heterocycles. The van der Waals surface area contributed by atoms with Crippen LogP contribution in [0.2, 0.25) is 0 Å². The van der Waals surface area contributed by atoms with Gasteiger partial charge in [0.2, 0.25) is 0 Å². The summed E-state index contributed by atoms with van der Waals surface area (Å²) in [6.07, 6.45) is 0. The monoisotopic (exact) mass is 225 g/mol. The molecule has 0 radical (unpaired) electrons. The topological polar surface area (TPSA) is 61.7 Å². The second-order valence-corrected chi connectivity index (χ2v) is 3.99. The van der Waals surface area contributed by atoms with E-state index in [9.17, 15) is 10.2 Å². The first-order valence-electron chi connectivity index (χ1n) is 5.31. The van der Waals surface area contributed by atoms with Crippen molar-refractivity contribution in [2.24, 2.45) is 0 Å². The molecule has 0 saturated heterocycles. The van der Waals surface area contributed by atoms with E-state index in [4.69, 9.17) is 4.74 Å². The third-order valence-corrected chi connectivity index (χ3v) is 2.43. The van der Waals surface area contributed by atoms with Crippen LogP contribution in [0.15, 0.2) is 18.2 Å². The second kappa shape index (κ2) is 5.72. The minimum absolute atomic E-state index is 0.00532. The first-order valence-corrected chi connectivity index (χ1v) is 5.31. The van der Waals surface area contributed by atoms with Gasteiger partial charge in [0.1, 0.15) is 11.5 Å². The van der Waals surface area contributed by atoms with Crippen molar-refractivity contribution in [1.82, 2.24) is 5.32 Å². The Morgan fingerprint density at radius 3 is 2.56 bits per heavy atom. The van der Waals surface area contributed by atoms with Gasteiger partial charge in [-0.05, 0) is 19.9 Å². The lowest BCUT2D eigenvalue weighted by molar-refractivity contribution is 0.167. The van der Waals surface area contributed by atoms with Gasteiger partial charge >= 0.3 is 0 Å². The summed E-state index contributed by atoms with van der Waals surface area (Å²) in [7, 11) is 1.65. The molecule has 1 aromatic rings. The highest BCUT2D eigenvalue weighted by atomic mass is 16.5. The molecule has 0 aliphatic heterocycles. The summed E-state index contributed by atoms with van der Waals surface area (Å²) in [5.74, 6) is 0.169. The van der Waals surface area contributed by atoms with Crippen LogP contribution in [0.3, 0.4) is 0 Å². The summed E-state index contributed by atoms with van der Waals surface area (Å²) in [6, 6.07) is 4.82. The lowest BCUT2D eigenvalue weighted by Gasteiger charge is -2.20. The predicted molar refractivity (Wildman–Crippen MR) is 62.7 cm³/mol. The molecule has 0 amide bonds. The minimum atomic E-state index is 0.00532. The van der Waals surface area contributed by atoms with Gasteiger partial charge in [-0.25, -0.2) is 0 Å². The second-order valence-electron chi connectivity index (χ2n) is 3.99. The highest BCUT2D eigenvalue weighted by molar-refractivity contribution is 5.40. The van der Waals surface area contributed by atoms with Gasteiger partial charge in [0.25, 0.3) is 0 Å². The largest absolute Gasteiger partial charge is 0.508 e. The van der Waals surface area contributed by atoms with Crippen LogP contribution < -0.4 is 5.32 Å². The summed E-state index contributed by atoms with van der Waals surface area (Å²) in [6.45, 7) is 4.58. The molecule has 0 aliphatic carbocycles. The Bertz CT molecular complexity index is 341. The van der Waals surface area contributed by atoms with E-state index in [1.807, 2.05) is 13.8 Å². The molecule has 0 heterocycles.